The Morgan fingerprint density at radius 1 is 1.24 bits per heavy atom. The van der Waals surface area contributed by atoms with Crippen molar-refractivity contribution < 1.29 is 9.31 Å². The molecular formula is C16H25BN2O2. The second kappa shape index (κ2) is 5.91. The number of nitrogens with zero attached hydrogens (tertiary/aromatic N) is 1. The van der Waals surface area contributed by atoms with E-state index >= 15 is 0 Å². The maximum atomic E-state index is 6.13. The molecule has 4 nitrogen and oxygen atoms in total. The summed E-state index contributed by atoms with van der Waals surface area (Å²) in [4.78, 5) is 4.23. The molecule has 0 radical (unpaired) electrons. The van der Waals surface area contributed by atoms with Crippen LogP contribution < -0.4 is 5.32 Å². The van der Waals surface area contributed by atoms with Gasteiger partial charge in [0.15, 0.2) is 0 Å². The highest BCUT2D eigenvalue weighted by Gasteiger charge is 2.52. The highest BCUT2D eigenvalue weighted by molar-refractivity contribution is 6.55. The lowest BCUT2D eigenvalue weighted by molar-refractivity contribution is 0.00578. The molecule has 0 aromatic carbocycles. The monoisotopic (exact) mass is 288 g/mol. The van der Waals surface area contributed by atoms with Crippen LogP contribution in [0.5, 0.6) is 0 Å². The van der Waals surface area contributed by atoms with Gasteiger partial charge in [0.05, 0.1) is 11.2 Å². The van der Waals surface area contributed by atoms with Crippen LogP contribution in [0.2, 0.25) is 0 Å². The van der Waals surface area contributed by atoms with Crippen molar-refractivity contribution in [2.24, 2.45) is 0 Å². The van der Waals surface area contributed by atoms with Gasteiger partial charge in [-0.2, -0.15) is 0 Å². The molecule has 0 aliphatic carbocycles. The van der Waals surface area contributed by atoms with Crippen molar-refractivity contribution in [1.29, 1.82) is 0 Å². The number of pyridine rings is 1. The average Bonchev–Trinajstić information content (AvgIpc) is 2.58. The highest BCUT2D eigenvalue weighted by Crippen LogP contribution is 2.38. The van der Waals surface area contributed by atoms with Gasteiger partial charge >= 0.3 is 7.12 Å². The van der Waals surface area contributed by atoms with Crippen LogP contribution in [0.3, 0.4) is 0 Å². The number of rotatable bonds is 4. The second-order valence-corrected chi connectivity index (χ2v) is 6.63. The third-order valence-electron chi connectivity index (χ3n) is 4.19. The van der Waals surface area contributed by atoms with Crippen molar-refractivity contribution in [3.63, 3.8) is 0 Å². The molecule has 1 aromatic rings. The van der Waals surface area contributed by atoms with Gasteiger partial charge in [-0.1, -0.05) is 6.08 Å². The molecule has 0 bridgehead atoms. The Balaban J connectivity index is 2.28. The van der Waals surface area contributed by atoms with Crippen LogP contribution in [0.1, 0.15) is 38.8 Å². The first-order valence-electron chi connectivity index (χ1n) is 7.37. The first kappa shape index (κ1) is 16.2. The van der Waals surface area contributed by atoms with Gasteiger partial charge in [0.25, 0.3) is 0 Å². The van der Waals surface area contributed by atoms with Gasteiger partial charge in [0.1, 0.15) is 0 Å². The zero-order valence-corrected chi connectivity index (χ0v) is 13.9. The zero-order valence-electron chi connectivity index (χ0n) is 13.9. The van der Waals surface area contributed by atoms with Crippen molar-refractivity contribution in [2.45, 2.75) is 45.8 Å². The van der Waals surface area contributed by atoms with E-state index in [-0.39, 0.29) is 18.3 Å². The molecule has 2 rings (SSSR count). The number of likely N-dealkylation sites (N-methyl/N-ethyl adjacent to an activating group) is 1. The summed E-state index contributed by atoms with van der Waals surface area (Å²) in [5, 5.41) is 3.19. The van der Waals surface area contributed by atoms with Crippen LogP contribution >= 0.6 is 0 Å². The van der Waals surface area contributed by atoms with Crippen LogP contribution in [0.25, 0.3) is 6.08 Å². The third-order valence-corrected chi connectivity index (χ3v) is 4.19. The largest absolute Gasteiger partial charge is 0.491 e. The van der Waals surface area contributed by atoms with Gasteiger partial charge in [0, 0.05) is 18.9 Å². The minimum absolute atomic E-state index is 0.324. The number of aryl methyl sites for hydroxylation is 1. The molecule has 1 aliphatic heterocycles. The van der Waals surface area contributed by atoms with E-state index in [1.807, 2.05) is 26.4 Å². The van der Waals surface area contributed by atoms with Crippen molar-refractivity contribution >= 4 is 13.2 Å². The van der Waals surface area contributed by atoms with E-state index in [2.05, 4.69) is 50.1 Å². The minimum Gasteiger partial charge on any atom is -0.400 e. The molecule has 1 saturated heterocycles. The average molecular weight is 288 g/mol. The summed E-state index contributed by atoms with van der Waals surface area (Å²) < 4.78 is 12.3. The van der Waals surface area contributed by atoms with Crippen molar-refractivity contribution in [3.05, 3.63) is 35.1 Å². The fourth-order valence-electron chi connectivity index (χ4n) is 2.27. The molecule has 5 heteroatoms. The Labute approximate surface area is 128 Å². The molecule has 1 fully saturated rings. The van der Waals surface area contributed by atoms with Crippen molar-refractivity contribution in [2.75, 3.05) is 13.6 Å². The summed E-state index contributed by atoms with van der Waals surface area (Å²) in [5.41, 5.74) is 2.63. The Hall–Kier alpha value is -1.17. The van der Waals surface area contributed by atoms with Crippen LogP contribution in [0.4, 0.5) is 0 Å². The van der Waals surface area contributed by atoms with E-state index in [0.717, 1.165) is 16.6 Å². The topological polar surface area (TPSA) is 43.4 Å². The molecule has 1 N–H and O–H groups in total. The molecule has 0 spiro atoms. The second-order valence-electron chi connectivity index (χ2n) is 6.63. The maximum absolute atomic E-state index is 6.13. The van der Waals surface area contributed by atoms with Crippen LogP contribution in [-0.4, -0.2) is 36.9 Å². The van der Waals surface area contributed by atoms with Gasteiger partial charge in [-0.3, -0.25) is 4.98 Å². The summed E-state index contributed by atoms with van der Waals surface area (Å²) in [6.45, 7) is 11.0. The quantitative estimate of drug-likeness (QED) is 0.865. The number of hydrogen-bond donors (Lipinski definition) is 1. The fraction of sp³-hybridized carbons (Fsp3) is 0.562. The molecule has 0 amide bonds. The minimum atomic E-state index is -0.331. The number of nitrogens with one attached hydrogen (secondary N) is 1. The first-order chi connectivity index (χ1) is 9.75. The van der Waals surface area contributed by atoms with Crippen molar-refractivity contribution in [3.8, 4) is 0 Å². The summed E-state index contributed by atoms with van der Waals surface area (Å²) in [5.74, 6) is 0. The third kappa shape index (κ3) is 3.54. The number of hydrogen-bond acceptors (Lipinski definition) is 4. The molecule has 0 unspecified atom stereocenters. The molecule has 114 valence electrons. The molecule has 21 heavy (non-hydrogen) atoms. The Kier molecular flexibility index (Phi) is 4.56. The molecule has 1 aliphatic rings. The predicted octanol–water partition coefficient (Wildman–Crippen LogP) is 2.62. The summed E-state index contributed by atoms with van der Waals surface area (Å²) in [6, 6.07) is 2.11. The summed E-state index contributed by atoms with van der Waals surface area (Å²) in [6.07, 6.45) is 5.80. The lowest BCUT2D eigenvalue weighted by atomic mass is 9.77. The van der Waals surface area contributed by atoms with Gasteiger partial charge in [-0.05, 0) is 64.3 Å². The van der Waals surface area contributed by atoms with E-state index in [4.69, 9.17) is 9.31 Å². The van der Waals surface area contributed by atoms with E-state index in [9.17, 15) is 0 Å². The van der Waals surface area contributed by atoms with Gasteiger partial charge in [-0.25, -0.2) is 0 Å². The Morgan fingerprint density at radius 2 is 1.86 bits per heavy atom. The molecule has 0 atom stereocenters. The van der Waals surface area contributed by atoms with Gasteiger partial charge in [0.2, 0.25) is 0 Å². The SMILES string of the molecule is CNCC(=Cc1cncc(C)c1)B1OC(C)(C)C(C)(C)O1. The Bertz CT molecular complexity index is 525. The molecule has 0 saturated carbocycles. The lowest BCUT2D eigenvalue weighted by Crippen LogP contribution is -2.41. The van der Waals surface area contributed by atoms with Crippen LogP contribution in [0.15, 0.2) is 23.9 Å². The van der Waals surface area contributed by atoms with Crippen LogP contribution in [0, 0.1) is 6.92 Å². The van der Waals surface area contributed by atoms with Gasteiger partial charge < -0.3 is 14.6 Å². The fourth-order valence-corrected chi connectivity index (χ4v) is 2.27. The normalized spacial score (nSPS) is 20.9. The molecule has 2 heterocycles. The number of aromatic nitrogens is 1. The Morgan fingerprint density at radius 3 is 2.38 bits per heavy atom. The van der Waals surface area contributed by atoms with E-state index < -0.39 is 0 Å². The zero-order chi connectivity index (χ0) is 15.7. The van der Waals surface area contributed by atoms with Crippen LogP contribution in [-0.2, 0) is 9.31 Å². The summed E-state index contributed by atoms with van der Waals surface area (Å²) >= 11 is 0. The first-order valence-corrected chi connectivity index (χ1v) is 7.37. The van der Waals surface area contributed by atoms with E-state index in [0.29, 0.717) is 6.54 Å². The predicted molar refractivity (Wildman–Crippen MR) is 87.0 cm³/mol. The highest BCUT2D eigenvalue weighted by atomic mass is 16.7. The maximum Gasteiger partial charge on any atom is 0.491 e. The summed E-state index contributed by atoms with van der Waals surface area (Å²) in [7, 11) is 1.59. The lowest BCUT2D eigenvalue weighted by Gasteiger charge is -2.32. The van der Waals surface area contributed by atoms with Gasteiger partial charge in [-0.15, -0.1) is 0 Å². The molecular weight excluding hydrogens is 263 g/mol. The molecule has 1 aromatic heterocycles. The standard InChI is InChI=1S/C16H25BN2O2/c1-12-7-13(10-19-9-12)8-14(11-18-6)17-20-15(2,3)16(4,5)21-17/h7-10,18H,11H2,1-6H3. The smallest absolute Gasteiger partial charge is 0.400 e. The van der Waals surface area contributed by atoms with Crippen molar-refractivity contribution in [1.82, 2.24) is 10.3 Å². The van der Waals surface area contributed by atoms with E-state index in [1.165, 1.54) is 0 Å². The van der Waals surface area contributed by atoms with E-state index in [1.54, 1.807) is 0 Å².